The lowest BCUT2D eigenvalue weighted by Gasteiger charge is -2.36. The fourth-order valence-corrected chi connectivity index (χ4v) is 4.80. The molecule has 1 saturated carbocycles. The van der Waals surface area contributed by atoms with E-state index in [-0.39, 0.29) is 18.0 Å². The van der Waals surface area contributed by atoms with Gasteiger partial charge in [-0.25, -0.2) is 9.67 Å². The van der Waals surface area contributed by atoms with Crippen LogP contribution in [0.4, 0.5) is 0 Å². The third kappa shape index (κ3) is 3.30. The van der Waals surface area contributed by atoms with Crippen molar-refractivity contribution in [3.63, 3.8) is 0 Å². The molecule has 1 amide bonds. The second-order valence-corrected chi connectivity index (χ2v) is 9.11. The molecular formula is C25H30N4O. The molecule has 0 N–H and O–H groups in total. The highest BCUT2D eigenvalue weighted by Gasteiger charge is 2.33. The number of nitrogens with zero attached hydrogens (tertiary/aromatic N) is 4. The van der Waals surface area contributed by atoms with Crippen LogP contribution in [0.2, 0.25) is 0 Å². The van der Waals surface area contributed by atoms with Crippen molar-refractivity contribution in [3.05, 3.63) is 58.9 Å². The molecule has 2 aromatic heterocycles. The summed E-state index contributed by atoms with van der Waals surface area (Å²) in [4.78, 5) is 21.1. The van der Waals surface area contributed by atoms with E-state index < -0.39 is 0 Å². The second-order valence-electron chi connectivity index (χ2n) is 9.11. The Kier molecular flexibility index (Phi) is 4.84. The third-order valence-corrected chi connectivity index (χ3v) is 6.52. The molecule has 1 atom stereocenters. The van der Waals surface area contributed by atoms with Gasteiger partial charge in [0.1, 0.15) is 0 Å². The first-order chi connectivity index (χ1) is 14.5. The third-order valence-electron chi connectivity index (χ3n) is 6.52. The number of carbonyl (C=O) groups is 1. The molecule has 1 aliphatic heterocycles. The van der Waals surface area contributed by atoms with Gasteiger partial charge in [-0.15, -0.1) is 0 Å². The van der Waals surface area contributed by atoms with Crippen molar-refractivity contribution < 1.29 is 4.79 Å². The van der Waals surface area contributed by atoms with Crippen LogP contribution in [0.15, 0.2) is 36.4 Å². The van der Waals surface area contributed by atoms with E-state index >= 15 is 0 Å². The zero-order valence-electron chi connectivity index (χ0n) is 18.1. The summed E-state index contributed by atoms with van der Waals surface area (Å²) in [5.41, 5.74) is 4.83. The molecular weight excluding hydrogens is 372 g/mol. The van der Waals surface area contributed by atoms with E-state index in [1.54, 1.807) is 0 Å². The largest absolute Gasteiger partial charge is 0.332 e. The Balaban J connectivity index is 1.63. The highest BCUT2D eigenvalue weighted by atomic mass is 16.2. The number of benzene rings is 1. The first-order valence-electron chi connectivity index (χ1n) is 11.3. The van der Waals surface area contributed by atoms with Gasteiger partial charge in [0.05, 0.1) is 22.7 Å². The zero-order valence-corrected chi connectivity index (χ0v) is 18.1. The lowest BCUT2D eigenvalue weighted by atomic mass is 9.94. The van der Waals surface area contributed by atoms with E-state index in [0.29, 0.717) is 5.92 Å². The fourth-order valence-electron chi connectivity index (χ4n) is 4.80. The molecule has 1 saturated heterocycles. The number of hydrogen-bond donors (Lipinski definition) is 0. The molecule has 1 aliphatic carbocycles. The maximum Gasteiger partial charge on any atom is 0.255 e. The molecule has 0 spiro atoms. The van der Waals surface area contributed by atoms with Gasteiger partial charge in [0.25, 0.3) is 5.91 Å². The van der Waals surface area contributed by atoms with Crippen LogP contribution in [0.3, 0.4) is 0 Å². The van der Waals surface area contributed by atoms with Gasteiger partial charge in [-0.05, 0) is 64.5 Å². The molecule has 2 aliphatic rings. The van der Waals surface area contributed by atoms with Crippen LogP contribution in [-0.4, -0.2) is 32.1 Å². The van der Waals surface area contributed by atoms with Crippen LogP contribution in [0.25, 0.3) is 11.0 Å². The molecule has 1 aromatic carbocycles. The normalized spacial score (nSPS) is 19.6. The topological polar surface area (TPSA) is 51.0 Å². The summed E-state index contributed by atoms with van der Waals surface area (Å²) in [6.07, 6.45) is 5.56. The van der Waals surface area contributed by atoms with Crippen molar-refractivity contribution in [3.8, 4) is 0 Å². The molecule has 2 fully saturated rings. The minimum atomic E-state index is 0.129. The Morgan fingerprint density at radius 1 is 1.10 bits per heavy atom. The number of piperidine rings is 1. The molecule has 0 bridgehead atoms. The number of fused-ring (bicyclic) bond motifs is 1. The summed E-state index contributed by atoms with van der Waals surface area (Å²) in [6.45, 7) is 7.05. The van der Waals surface area contributed by atoms with Crippen LogP contribution < -0.4 is 0 Å². The fraction of sp³-hybridized carbons (Fsp3) is 0.480. The lowest BCUT2D eigenvalue weighted by molar-refractivity contribution is 0.0613. The molecule has 1 unspecified atom stereocenters. The predicted molar refractivity (Wildman–Crippen MR) is 119 cm³/mol. The SMILES string of the molecule is Cc1nn(C(C)C)c2nc(C3CC3)cc(C(=O)N3CCCCC3c3ccccc3)c12. The van der Waals surface area contributed by atoms with E-state index in [4.69, 9.17) is 10.1 Å². The van der Waals surface area contributed by atoms with E-state index in [2.05, 4.69) is 49.1 Å². The Morgan fingerprint density at radius 3 is 2.57 bits per heavy atom. The predicted octanol–water partition coefficient (Wildman–Crippen LogP) is 5.57. The molecule has 5 rings (SSSR count). The minimum Gasteiger partial charge on any atom is -0.332 e. The number of amides is 1. The highest BCUT2D eigenvalue weighted by Crippen LogP contribution is 2.41. The van der Waals surface area contributed by atoms with Crippen LogP contribution in [0.5, 0.6) is 0 Å². The lowest BCUT2D eigenvalue weighted by Crippen LogP contribution is -2.38. The summed E-state index contributed by atoms with van der Waals surface area (Å²) in [6, 6.07) is 12.9. The van der Waals surface area contributed by atoms with Crippen LogP contribution >= 0.6 is 0 Å². The van der Waals surface area contributed by atoms with Gasteiger partial charge < -0.3 is 4.90 Å². The van der Waals surface area contributed by atoms with E-state index in [1.165, 1.54) is 5.56 Å². The van der Waals surface area contributed by atoms with Crippen LogP contribution in [-0.2, 0) is 0 Å². The van der Waals surface area contributed by atoms with E-state index in [1.807, 2.05) is 17.7 Å². The maximum absolute atomic E-state index is 14.0. The molecule has 5 heteroatoms. The maximum atomic E-state index is 14.0. The van der Waals surface area contributed by atoms with Crippen molar-refractivity contribution in [2.75, 3.05) is 6.54 Å². The van der Waals surface area contributed by atoms with E-state index in [0.717, 1.165) is 66.6 Å². The van der Waals surface area contributed by atoms with Crippen LogP contribution in [0.1, 0.15) is 91.3 Å². The smallest absolute Gasteiger partial charge is 0.255 e. The monoisotopic (exact) mass is 402 g/mol. The summed E-state index contributed by atoms with van der Waals surface area (Å²) < 4.78 is 1.98. The molecule has 3 aromatic rings. The Hall–Kier alpha value is -2.69. The van der Waals surface area contributed by atoms with Gasteiger partial charge in [-0.1, -0.05) is 30.3 Å². The van der Waals surface area contributed by atoms with Crippen molar-refractivity contribution in [1.29, 1.82) is 0 Å². The molecule has 5 nitrogen and oxygen atoms in total. The quantitative estimate of drug-likeness (QED) is 0.574. The van der Waals surface area contributed by atoms with Gasteiger partial charge in [0, 0.05) is 24.2 Å². The molecule has 3 heterocycles. The standard InChI is InChI=1S/C25H30N4O/c1-16(2)29-24-23(17(3)27-29)20(15-21(26-24)18-12-13-18)25(30)28-14-8-7-11-22(28)19-9-5-4-6-10-19/h4-6,9-10,15-16,18,22H,7-8,11-14H2,1-3H3. The second kappa shape index (κ2) is 7.53. The number of hydrogen-bond acceptors (Lipinski definition) is 3. The summed E-state index contributed by atoms with van der Waals surface area (Å²) in [7, 11) is 0. The number of aryl methyl sites for hydroxylation is 1. The summed E-state index contributed by atoms with van der Waals surface area (Å²) >= 11 is 0. The van der Waals surface area contributed by atoms with Crippen molar-refractivity contribution >= 4 is 16.9 Å². The molecule has 30 heavy (non-hydrogen) atoms. The first kappa shape index (κ1) is 19.3. The number of aromatic nitrogens is 3. The van der Waals surface area contributed by atoms with Crippen molar-refractivity contribution in [2.45, 2.75) is 70.9 Å². The number of rotatable bonds is 4. The average molecular weight is 403 g/mol. The number of likely N-dealkylation sites (tertiary alicyclic amines) is 1. The zero-order chi connectivity index (χ0) is 20.8. The van der Waals surface area contributed by atoms with Crippen molar-refractivity contribution in [2.24, 2.45) is 0 Å². The number of pyridine rings is 1. The highest BCUT2D eigenvalue weighted by molar-refractivity contribution is 6.06. The van der Waals surface area contributed by atoms with Crippen molar-refractivity contribution in [1.82, 2.24) is 19.7 Å². The Morgan fingerprint density at radius 2 is 1.87 bits per heavy atom. The molecule has 156 valence electrons. The number of carbonyl (C=O) groups excluding carboxylic acids is 1. The summed E-state index contributed by atoms with van der Waals surface area (Å²) in [5.74, 6) is 0.618. The van der Waals surface area contributed by atoms with Gasteiger partial charge in [0.2, 0.25) is 0 Å². The minimum absolute atomic E-state index is 0.129. The molecule has 0 radical (unpaired) electrons. The van der Waals surface area contributed by atoms with Crippen LogP contribution in [0, 0.1) is 6.92 Å². The Bertz CT molecular complexity index is 1080. The van der Waals surface area contributed by atoms with E-state index in [9.17, 15) is 4.79 Å². The Labute approximate surface area is 178 Å². The van der Waals surface area contributed by atoms with Gasteiger partial charge in [-0.3, -0.25) is 4.79 Å². The first-order valence-corrected chi connectivity index (χ1v) is 11.3. The average Bonchev–Trinajstić information content (AvgIpc) is 3.57. The summed E-state index contributed by atoms with van der Waals surface area (Å²) in [5, 5.41) is 5.69. The van der Waals surface area contributed by atoms with Gasteiger partial charge >= 0.3 is 0 Å². The van der Waals surface area contributed by atoms with Gasteiger partial charge in [-0.2, -0.15) is 5.10 Å². The van der Waals surface area contributed by atoms with Gasteiger partial charge in [0.15, 0.2) is 5.65 Å².